The number of aromatic nitrogens is 5. The Labute approximate surface area is 177 Å². The second kappa shape index (κ2) is 7.16. The van der Waals surface area contributed by atoms with E-state index >= 15 is 0 Å². The molecule has 2 aromatic carbocycles. The molecule has 0 saturated heterocycles. The summed E-state index contributed by atoms with van der Waals surface area (Å²) in [5, 5.41) is 10.8. The number of halogens is 1. The van der Waals surface area contributed by atoms with Crippen molar-refractivity contribution >= 4 is 49.6 Å². The number of para-hydroxylation sites is 1. The second-order valence-corrected chi connectivity index (χ2v) is 8.33. The molecule has 7 nitrogen and oxygen atoms in total. The molecule has 1 N–H and O–H groups in total. The molecule has 144 valence electrons. The highest BCUT2D eigenvalue weighted by atomic mass is 79.9. The molecule has 0 bridgehead atoms. The Hall–Kier alpha value is -2.91. The molecule has 0 atom stereocenters. The van der Waals surface area contributed by atoms with E-state index in [1.165, 1.54) is 11.8 Å². The summed E-state index contributed by atoms with van der Waals surface area (Å²) in [4.78, 5) is 19.6. The van der Waals surface area contributed by atoms with Crippen molar-refractivity contribution in [2.75, 3.05) is 0 Å². The van der Waals surface area contributed by atoms with Gasteiger partial charge in [0.15, 0.2) is 16.7 Å². The molecule has 0 aliphatic rings. The molecule has 0 saturated carbocycles. The molecule has 0 unspecified atom stereocenters. The fraction of sp³-hybridized carbons (Fsp3) is 0.100. The van der Waals surface area contributed by atoms with Crippen LogP contribution in [0.1, 0.15) is 5.82 Å². The summed E-state index contributed by atoms with van der Waals surface area (Å²) in [7, 11) is 1.89. The number of aromatic amines is 1. The number of fused-ring (bicyclic) bond motifs is 2. The summed E-state index contributed by atoms with van der Waals surface area (Å²) in [6, 6.07) is 15.1. The quantitative estimate of drug-likeness (QED) is 0.390. The lowest BCUT2D eigenvalue weighted by Crippen LogP contribution is -2.11. The lowest BCUT2D eigenvalue weighted by molar-refractivity contribution is 0.618. The first-order valence-corrected chi connectivity index (χ1v) is 10.6. The van der Waals surface area contributed by atoms with Crippen LogP contribution in [0.4, 0.5) is 0 Å². The Balaban J connectivity index is 1.42. The molecular weight excluding hydrogens is 454 g/mol. The number of nitrogens with one attached hydrogen (secondary N) is 1. The van der Waals surface area contributed by atoms with Gasteiger partial charge in [-0.1, -0.05) is 39.8 Å². The van der Waals surface area contributed by atoms with Gasteiger partial charge in [-0.05, 0) is 36.4 Å². The Morgan fingerprint density at radius 3 is 2.93 bits per heavy atom. The summed E-state index contributed by atoms with van der Waals surface area (Å²) >= 11 is 4.92. The van der Waals surface area contributed by atoms with E-state index in [-0.39, 0.29) is 5.56 Å². The SMILES string of the molecule is Cn1c(SCc2nc3ccccc3c(=O)[nH]2)nnc1-c1cc2cc(Br)ccc2o1. The largest absolute Gasteiger partial charge is 0.453 e. The van der Waals surface area contributed by atoms with E-state index in [4.69, 9.17) is 4.42 Å². The first-order chi connectivity index (χ1) is 14.1. The van der Waals surface area contributed by atoms with Crippen LogP contribution >= 0.6 is 27.7 Å². The number of thioether (sulfide) groups is 1. The van der Waals surface area contributed by atoms with Gasteiger partial charge in [-0.3, -0.25) is 4.79 Å². The maximum absolute atomic E-state index is 12.2. The van der Waals surface area contributed by atoms with Gasteiger partial charge < -0.3 is 14.0 Å². The standard InChI is InChI=1S/C20H14BrN5O2S/c1-26-18(16-9-11-8-12(21)6-7-15(11)28-16)24-25-20(26)29-10-17-22-14-5-3-2-4-13(14)19(27)23-17/h2-9H,10H2,1H3,(H,22,23,27). The van der Waals surface area contributed by atoms with E-state index in [1.807, 2.05) is 54.1 Å². The fourth-order valence-corrected chi connectivity index (χ4v) is 4.28. The van der Waals surface area contributed by atoms with Gasteiger partial charge in [0.25, 0.3) is 5.56 Å². The summed E-state index contributed by atoms with van der Waals surface area (Å²) < 4.78 is 8.78. The van der Waals surface area contributed by atoms with Gasteiger partial charge in [0.1, 0.15) is 11.4 Å². The minimum atomic E-state index is -0.140. The van der Waals surface area contributed by atoms with Crippen LogP contribution in [0.2, 0.25) is 0 Å². The van der Waals surface area contributed by atoms with Crippen LogP contribution in [0.25, 0.3) is 33.5 Å². The Bertz CT molecular complexity index is 1420. The minimum absolute atomic E-state index is 0.140. The third kappa shape index (κ3) is 3.36. The molecule has 29 heavy (non-hydrogen) atoms. The molecule has 0 radical (unpaired) electrons. The summed E-state index contributed by atoms with van der Waals surface area (Å²) in [5.74, 6) is 2.35. The highest BCUT2D eigenvalue weighted by Gasteiger charge is 2.16. The van der Waals surface area contributed by atoms with E-state index in [0.717, 1.165) is 15.4 Å². The minimum Gasteiger partial charge on any atom is -0.453 e. The zero-order valence-electron chi connectivity index (χ0n) is 15.2. The van der Waals surface area contributed by atoms with E-state index in [9.17, 15) is 4.79 Å². The number of furan rings is 1. The predicted molar refractivity (Wildman–Crippen MR) is 116 cm³/mol. The fourth-order valence-electron chi connectivity index (χ4n) is 3.12. The van der Waals surface area contributed by atoms with Crippen molar-refractivity contribution in [2.24, 2.45) is 7.05 Å². The number of nitrogens with zero attached hydrogens (tertiary/aromatic N) is 4. The molecule has 0 amide bonds. The third-order valence-corrected chi connectivity index (χ3v) is 6.06. The monoisotopic (exact) mass is 467 g/mol. The maximum Gasteiger partial charge on any atom is 0.258 e. The van der Waals surface area contributed by atoms with Gasteiger partial charge in [0.2, 0.25) is 0 Å². The summed E-state index contributed by atoms with van der Waals surface area (Å²) in [6.45, 7) is 0. The normalized spacial score (nSPS) is 11.5. The van der Waals surface area contributed by atoms with Gasteiger partial charge >= 0.3 is 0 Å². The van der Waals surface area contributed by atoms with Crippen LogP contribution in [-0.4, -0.2) is 24.7 Å². The highest BCUT2D eigenvalue weighted by Crippen LogP contribution is 2.30. The summed E-state index contributed by atoms with van der Waals surface area (Å²) in [5.41, 5.74) is 1.33. The highest BCUT2D eigenvalue weighted by molar-refractivity contribution is 9.10. The van der Waals surface area contributed by atoms with Crippen molar-refractivity contribution in [1.29, 1.82) is 0 Å². The van der Waals surface area contributed by atoms with E-state index in [2.05, 4.69) is 36.1 Å². The molecule has 5 aromatic rings. The van der Waals surface area contributed by atoms with Crippen molar-refractivity contribution in [3.8, 4) is 11.6 Å². The molecular formula is C20H14BrN5O2S. The molecule has 0 spiro atoms. The topological polar surface area (TPSA) is 89.6 Å². The number of hydrogen-bond acceptors (Lipinski definition) is 6. The van der Waals surface area contributed by atoms with Crippen molar-refractivity contribution in [1.82, 2.24) is 24.7 Å². The Morgan fingerprint density at radius 2 is 2.03 bits per heavy atom. The first-order valence-electron chi connectivity index (χ1n) is 8.78. The zero-order valence-corrected chi connectivity index (χ0v) is 17.6. The number of rotatable bonds is 4. The number of benzene rings is 2. The average Bonchev–Trinajstić information content (AvgIpc) is 3.29. The van der Waals surface area contributed by atoms with Gasteiger partial charge in [-0.25, -0.2) is 4.98 Å². The lowest BCUT2D eigenvalue weighted by atomic mass is 10.2. The van der Waals surface area contributed by atoms with Gasteiger partial charge in [0, 0.05) is 16.9 Å². The van der Waals surface area contributed by atoms with E-state index < -0.39 is 0 Å². The van der Waals surface area contributed by atoms with Crippen molar-refractivity contribution in [3.05, 3.63) is 69.2 Å². The van der Waals surface area contributed by atoms with Crippen LogP contribution in [0.15, 0.2) is 67.4 Å². The molecule has 5 rings (SSSR count). The summed E-state index contributed by atoms with van der Waals surface area (Å²) in [6.07, 6.45) is 0. The number of H-pyrrole nitrogens is 1. The smallest absolute Gasteiger partial charge is 0.258 e. The van der Waals surface area contributed by atoms with Crippen molar-refractivity contribution < 1.29 is 4.42 Å². The van der Waals surface area contributed by atoms with Gasteiger partial charge in [-0.2, -0.15) is 0 Å². The number of hydrogen-bond donors (Lipinski definition) is 1. The maximum atomic E-state index is 12.2. The second-order valence-electron chi connectivity index (χ2n) is 6.48. The molecule has 9 heteroatoms. The molecule has 0 fully saturated rings. The van der Waals surface area contributed by atoms with Crippen LogP contribution in [-0.2, 0) is 12.8 Å². The van der Waals surface area contributed by atoms with Crippen LogP contribution < -0.4 is 5.56 Å². The lowest BCUT2D eigenvalue weighted by Gasteiger charge is -2.03. The Kier molecular flexibility index (Phi) is 4.48. The van der Waals surface area contributed by atoms with Crippen molar-refractivity contribution in [2.45, 2.75) is 10.9 Å². The average molecular weight is 468 g/mol. The van der Waals surface area contributed by atoms with Crippen LogP contribution in [0.3, 0.4) is 0 Å². The molecule has 3 aromatic heterocycles. The van der Waals surface area contributed by atoms with Gasteiger partial charge in [-0.15, -0.1) is 10.2 Å². The van der Waals surface area contributed by atoms with Gasteiger partial charge in [0.05, 0.1) is 16.7 Å². The third-order valence-electron chi connectivity index (χ3n) is 4.53. The van der Waals surface area contributed by atoms with E-state index in [0.29, 0.717) is 39.2 Å². The molecule has 0 aliphatic heterocycles. The van der Waals surface area contributed by atoms with Crippen LogP contribution in [0.5, 0.6) is 0 Å². The Morgan fingerprint density at radius 1 is 1.17 bits per heavy atom. The zero-order chi connectivity index (χ0) is 20.0. The molecule has 3 heterocycles. The predicted octanol–water partition coefficient (Wildman–Crippen LogP) is 4.52. The molecule has 0 aliphatic carbocycles. The van der Waals surface area contributed by atoms with E-state index in [1.54, 1.807) is 6.07 Å². The van der Waals surface area contributed by atoms with Crippen molar-refractivity contribution in [3.63, 3.8) is 0 Å². The first kappa shape index (κ1) is 18.1. The van der Waals surface area contributed by atoms with Crippen LogP contribution in [0, 0.1) is 0 Å².